The first-order chi connectivity index (χ1) is 15.8. The first kappa shape index (κ1) is 21.9. The van der Waals surface area contributed by atoms with Gasteiger partial charge in [-0.15, -0.1) is 0 Å². The molecule has 0 aliphatic heterocycles. The molecule has 4 aromatic heterocycles. The van der Waals surface area contributed by atoms with Gasteiger partial charge in [0, 0.05) is 36.8 Å². The summed E-state index contributed by atoms with van der Waals surface area (Å²) < 4.78 is 43.0. The van der Waals surface area contributed by atoms with E-state index in [1.165, 1.54) is 53.6 Å². The van der Waals surface area contributed by atoms with Gasteiger partial charge in [0.05, 0.1) is 23.1 Å². The van der Waals surface area contributed by atoms with Gasteiger partial charge in [0.1, 0.15) is 11.5 Å². The summed E-state index contributed by atoms with van der Waals surface area (Å²) in [6.45, 7) is 2.17. The van der Waals surface area contributed by atoms with Crippen LogP contribution in [0.5, 0.6) is 0 Å². The third-order valence-corrected chi connectivity index (χ3v) is 4.78. The molecule has 1 amide bonds. The van der Waals surface area contributed by atoms with Gasteiger partial charge in [-0.3, -0.25) is 14.6 Å². The lowest BCUT2D eigenvalue weighted by atomic mass is 10.2. The summed E-state index contributed by atoms with van der Waals surface area (Å²) in [5, 5.41) is 6.64. The second-order valence-corrected chi connectivity index (χ2v) is 6.96. The van der Waals surface area contributed by atoms with Crippen LogP contribution in [0.4, 0.5) is 19.0 Å². The Morgan fingerprint density at radius 3 is 2.58 bits per heavy atom. The van der Waals surface area contributed by atoms with Crippen LogP contribution in [0.25, 0.3) is 16.9 Å². The first-order valence-electron chi connectivity index (χ1n) is 9.82. The highest BCUT2D eigenvalue weighted by molar-refractivity contribution is 6.03. The van der Waals surface area contributed by atoms with E-state index in [0.29, 0.717) is 12.1 Å². The fourth-order valence-electron chi connectivity index (χ4n) is 3.12. The summed E-state index contributed by atoms with van der Waals surface area (Å²) in [4.78, 5) is 32.1. The largest absolute Gasteiger partial charge is 0.433 e. The van der Waals surface area contributed by atoms with E-state index in [1.54, 1.807) is 19.1 Å². The van der Waals surface area contributed by atoms with Crippen LogP contribution in [-0.4, -0.2) is 30.2 Å². The van der Waals surface area contributed by atoms with Gasteiger partial charge in [-0.2, -0.15) is 18.3 Å². The van der Waals surface area contributed by atoms with E-state index in [-0.39, 0.29) is 28.3 Å². The molecule has 4 heterocycles. The van der Waals surface area contributed by atoms with Gasteiger partial charge in [0.25, 0.3) is 11.5 Å². The second-order valence-electron chi connectivity index (χ2n) is 6.96. The number of pyridine rings is 3. The monoisotopic (exact) mass is 454 g/mol. The maximum atomic E-state index is 13.6. The highest BCUT2D eigenvalue weighted by Gasteiger charge is 2.36. The van der Waals surface area contributed by atoms with E-state index in [1.807, 2.05) is 0 Å². The van der Waals surface area contributed by atoms with E-state index in [2.05, 4.69) is 20.4 Å². The molecular formula is C22H17F3N6O2. The lowest BCUT2D eigenvalue weighted by molar-refractivity contribution is -0.142. The maximum absolute atomic E-state index is 13.6. The molecule has 0 bridgehead atoms. The van der Waals surface area contributed by atoms with Crippen molar-refractivity contribution in [3.05, 3.63) is 88.9 Å². The Morgan fingerprint density at radius 1 is 1.12 bits per heavy atom. The summed E-state index contributed by atoms with van der Waals surface area (Å²) in [6, 6.07) is 9.56. The fourth-order valence-corrected chi connectivity index (χ4v) is 3.12. The van der Waals surface area contributed by atoms with Crippen molar-refractivity contribution in [2.75, 3.05) is 5.32 Å². The number of aromatic nitrogens is 5. The smallest absolute Gasteiger partial charge is 0.315 e. The van der Waals surface area contributed by atoms with E-state index >= 15 is 0 Å². The van der Waals surface area contributed by atoms with E-state index in [9.17, 15) is 22.8 Å². The lowest BCUT2D eigenvalue weighted by Gasteiger charge is -2.11. The number of carbonyl (C=O) groups excluding carboxylic acids is 1. The van der Waals surface area contributed by atoms with Gasteiger partial charge in [0.2, 0.25) is 0 Å². The molecule has 0 atom stereocenters. The van der Waals surface area contributed by atoms with Crippen molar-refractivity contribution in [2.45, 2.75) is 19.6 Å². The Kier molecular flexibility index (Phi) is 5.78. The predicted molar refractivity (Wildman–Crippen MR) is 114 cm³/mol. The quantitative estimate of drug-likeness (QED) is 0.495. The molecule has 0 saturated heterocycles. The molecule has 0 aromatic carbocycles. The van der Waals surface area contributed by atoms with Gasteiger partial charge in [0.15, 0.2) is 0 Å². The van der Waals surface area contributed by atoms with Crippen molar-refractivity contribution < 1.29 is 18.0 Å². The van der Waals surface area contributed by atoms with Crippen molar-refractivity contribution >= 4 is 11.7 Å². The van der Waals surface area contributed by atoms with Gasteiger partial charge in [-0.1, -0.05) is 0 Å². The zero-order chi connectivity index (χ0) is 23.6. The topological polar surface area (TPSA) is 94.7 Å². The van der Waals surface area contributed by atoms with Crippen LogP contribution in [0.3, 0.4) is 0 Å². The van der Waals surface area contributed by atoms with Crippen molar-refractivity contribution in [3.63, 3.8) is 0 Å². The van der Waals surface area contributed by atoms with Gasteiger partial charge < -0.3 is 9.88 Å². The number of anilines is 1. The van der Waals surface area contributed by atoms with Crippen LogP contribution in [0.2, 0.25) is 0 Å². The van der Waals surface area contributed by atoms with E-state index in [0.717, 1.165) is 10.7 Å². The molecule has 8 nitrogen and oxygen atoms in total. The Labute approximate surface area is 185 Å². The number of amides is 1. The summed E-state index contributed by atoms with van der Waals surface area (Å²) in [6.07, 6.45) is 0.885. The van der Waals surface area contributed by atoms with Crippen LogP contribution in [0.15, 0.2) is 72.0 Å². The number of carbonyl (C=O) groups is 1. The molecule has 0 aliphatic rings. The van der Waals surface area contributed by atoms with Crippen LogP contribution in [0.1, 0.15) is 23.0 Å². The molecule has 4 rings (SSSR count). The standard InChI is InChI=1S/C22H17F3N6O2/c1-2-30-13-15(5-8-20(30)32)21(33)28-19-7-6-16(12-27-19)31-18(22(23,24)25)10-17(29-31)14-4-3-9-26-11-14/h3-13H,2H2,1H3,(H,27,28,33). The first-order valence-corrected chi connectivity index (χ1v) is 9.82. The minimum Gasteiger partial charge on any atom is -0.315 e. The Hall–Kier alpha value is -4.28. The Balaban J connectivity index is 1.61. The summed E-state index contributed by atoms with van der Waals surface area (Å²) in [7, 11) is 0. The average molecular weight is 454 g/mol. The van der Waals surface area contributed by atoms with Crippen LogP contribution in [-0.2, 0) is 12.7 Å². The summed E-state index contributed by atoms with van der Waals surface area (Å²) >= 11 is 0. The number of rotatable bonds is 5. The number of halogens is 3. The molecule has 1 N–H and O–H groups in total. The highest BCUT2D eigenvalue weighted by Crippen LogP contribution is 2.33. The molecule has 0 fully saturated rings. The number of hydrogen-bond acceptors (Lipinski definition) is 5. The normalized spacial score (nSPS) is 11.4. The lowest BCUT2D eigenvalue weighted by Crippen LogP contribution is -2.21. The van der Waals surface area contributed by atoms with Crippen molar-refractivity contribution in [2.24, 2.45) is 0 Å². The number of aryl methyl sites for hydroxylation is 1. The van der Waals surface area contributed by atoms with Crippen molar-refractivity contribution in [1.29, 1.82) is 0 Å². The third kappa shape index (κ3) is 4.66. The molecule has 11 heteroatoms. The zero-order valence-electron chi connectivity index (χ0n) is 17.2. The Morgan fingerprint density at radius 2 is 1.94 bits per heavy atom. The summed E-state index contributed by atoms with van der Waals surface area (Å²) in [5.74, 6) is -0.377. The minimum absolute atomic E-state index is 0.0648. The summed E-state index contributed by atoms with van der Waals surface area (Å²) in [5.41, 5.74) is -0.348. The van der Waals surface area contributed by atoms with Gasteiger partial charge >= 0.3 is 6.18 Å². The fraction of sp³-hybridized carbons (Fsp3) is 0.136. The minimum atomic E-state index is -4.65. The third-order valence-electron chi connectivity index (χ3n) is 4.78. The molecule has 0 saturated carbocycles. The number of nitrogens with one attached hydrogen (secondary N) is 1. The molecule has 168 valence electrons. The maximum Gasteiger partial charge on any atom is 0.433 e. The Bertz CT molecular complexity index is 1350. The van der Waals surface area contributed by atoms with Crippen LogP contribution in [0, 0.1) is 0 Å². The van der Waals surface area contributed by atoms with Crippen molar-refractivity contribution in [1.82, 2.24) is 24.3 Å². The zero-order valence-corrected chi connectivity index (χ0v) is 17.2. The van der Waals surface area contributed by atoms with Gasteiger partial charge in [-0.05, 0) is 43.3 Å². The number of nitrogens with zero attached hydrogens (tertiary/aromatic N) is 5. The van der Waals surface area contributed by atoms with E-state index < -0.39 is 17.8 Å². The molecule has 33 heavy (non-hydrogen) atoms. The molecule has 0 spiro atoms. The van der Waals surface area contributed by atoms with Crippen LogP contribution < -0.4 is 10.9 Å². The van der Waals surface area contributed by atoms with Crippen LogP contribution >= 0.6 is 0 Å². The predicted octanol–water partition coefficient (Wildman–Crippen LogP) is 3.78. The highest BCUT2D eigenvalue weighted by atomic mass is 19.4. The SMILES string of the molecule is CCn1cc(C(=O)Nc2ccc(-n3nc(-c4cccnc4)cc3C(F)(F)F)cn2)ccc1=O. The van der Waals surface area contributed by atoms with Gasteiger partial charge in [-0.25, -0.2) is 9.67 Å². The average Bonchev–Trinajstić information content (AvgIpc) is 3.27. The molecule has 0 radical (unpaired) electrons. The molecule has 0 unspecified atom stereocenters. The second kappa shape index (κ2) is 8.69. The van der Waals surface area contributed by atoms with E-state index in [4.69, 9.17) is 0 Å². The molecular weight excluding hydrogens is 437 g/mol. The molecule has 4 aromatic rings. The number of hydrogen-bond donors (Lipinski definition) is 1. The number of alkyl halides is 3. The molecule has 0 aliphatic carbocycles. The van der Waals surface area contributed by atoms with Crippen molar-refractivity contribution in [3.8, 4) is 16.9 Å².